The first-order chi connectivity index (χ1) is 9.16. The lowest BCUT2D eigenvalue weighted by atomic mass is 10.1. The number of hydrogen-bond donors (Lipinski definition) is 0. The van der Waals surface area contributed by atoms with Gasteiger partial charge in [0.1, 0.15) is 0 Å². The molecule has 2 aliphatic heterocycles. The number of fused-ring (bicyclic) bond motifs is 1. The van der Waals surface area contributed by atoms with Crippen molar-refractivity contribution in [1.29, 1.82) is 0 Å². The molecule has 2 aliphatic rings. The first-order valence-electron chi connectivity index (χ1n) is 5.98. The molecule has 1 fully saturated rings. The zero-order valence-electron chi connectivity index (χ0n) is 10.1. The molecule has 0 unspecified atom stereocenters. The summed E-state index contributed by atoms with van der Waals surface area (Å²) in [5.41, 5.74) is 0.793. The molecule has 0 N–H and O–H groups in total. The summed E-state index contributed by atoms with van der Waals surface area (Å²) in [6, 6.07) is 5.66. The topological polar surface area (TPSA) is 64.3 Å². The van der Waals surface area contributed by atoms with Crippen LogP contribution in [0.1, 0.15) is 6.42 Å². The smallest absolute Gasteiger partial charge is 0.230 e. The first kappa shape index (κ1) is 12.2. The highest BCUT2D eigenvalue weighted by molar-refractivity contribution is 8.00. The molecule has 5 nitrogen and oxygen atoms in total. The van der Waals surface area contributed by atoms with Crippen molar-refractivity contribution in [1.82, 2.24) is 4.90 Å². The number of hydrogen-bond acceptors (Lipinski definition) is 4. The largest absolute Gasteiger partial charge is 0.543 e. The van der Waals surface area contributed by atoms with Crippen molar-refractivity contribution < 1.29 is 19.3 Å². The molecule has 3 rings (SSSR count). The molecular weight excluding hydrogens is 264 g/mol. The molecule has 0 spiro atoms. The van der Waals surface area contributed by atoms with Crippen LogP contribution in [-0.4, -0.2) is 27.9 Å². The summed E-state index contributed by atoms with van der Waals surface area (Å²) >= 11 is 1.61. The molecule has 98 valence electrons. The van der Waals surface area contributed by atoms with Gasteiger partial charge in [-0.15, -0.1) is 11.8 Å². The summed E-state index contributed by atoms with van der Waals surface area (Å²) in [7, 11) is 0. The fourth-order valence-corrected chi connectivity index (χ4v) is 3.60. The van der Waals surface area contributed by atoms with E-state index in [1.807, 2.05) is 35.2 Å². The minimum absolute atomic E-state index is 0.0232. The molecule has 0 aliphatic carbocycles. The lowest BCUT2D eigenvalue weighted by Gasteiger charge is -2.45. The minimum Gasteiger partial charge on any atom is -0.543 e. The lowest BCUT2D eigenvalue weighted by molar-refractivity contribution is -0.689. The maximum absolute atomic E-state index is 11.6. The van der Waals surface area contributed by atoms with Crippen LogP contribution in [0.5, 0.6) is 0 Å². The lowest BCUT2D eigenvalue weighted by Crippen LogP contribution is -2.56. The molecule has 3 heterocycles. The van der Waals surface area contributed by atoms with Gasteiger partial charge in [-0.05, 0) is 0 Å². The second-order valence-electron chi connectivity index (χ2n) is 4.52. The standard InChI is InChI=1S/C13H12N2O3S/c16-10-6-11-15(10)12(13(17)18)9(8-19-11)7-14-4-2-1-3-5-14/h1-5,11H,6-8H2/t11-/m1/s1. The molecule has 19 heavy (non-hydrogen) atoms. The van der Waals surface area contributed by atoms with Gasteiger partial charge in [-0.25, -0.2) is 4.57 Å². The second-order valence-corrected chi connectivity index (χ2v) is 5.69. The van der Waals surface area contributed by atoms with Crippen molar-refractivity contribution in [3.05, 3.63) is 41.9 Å². The number of carboxylic acids is 1. The van der Waals surface area contributed by atoms with Crippen molar-refractivity contribution in [3.63, 3.8) is 0 Å². The molecule has 0 bridgehead atoms. The van der Waals surface area contributed by atoms with E-state index in [0.717, 1.165) is 5.57 Å². The van der Waals surface area contributed by atoms with Gasteiger partial charge in [0.05, 0.1) is 23.5 Å². The predicted molar refractivity (Wildman–Crippen MR) is 66.4 cm³/mol. The maximum atomic E-state index is 11.6. The summed E-state index contributed by atoms with van der Waals surface area (Å²) < 4.78 is 1.89. The van der Waals surface area contributed by atoms with Gasteiger partial charge < -0.3 is 9.90 Å². The van der Waals surface area contributed by atoms with E-state index in [1.165, 1.54) is 4.90 Å². The summed E-state index contributed by atoms with van der Waals surface area (Å²) in [5, 5.41) is 11.3. The molecule has 0 saturated carbocycles. The molecule has 1 aromatic heterocycles. The maximum Gasteiger partial charge on any atom is 0.230 e. The highest BCUT2D eigenvalue weighted by atomic mass is 32.2. The van der Waals surface area contributed by atoms with E-state index in [0.29, 0.717) is 18.7 Å². The number of amides is 1. The van der Waals surface area contributed by atoms with Crippen molar-refractivity contribution in [3.8, 4) is 0 Å². The number of carbonyl (C=O) groups excluding carboxylic acids is 2. The predicted octanol–water partition coefficient (Wildman–Crippen LogP) is -0.717. The van der Waals surface area contributed by atoms with E-state index in [9.17, 15) is 14.7 Å². The van der Waals surface area contributed by atoms with Gasteiger partial charge >= 0.3 is 0 Å². The zero-order valence-corrected chi connectivity index (χ0v) is 10.9. The third-order valence-electron chi connectivity index (χ3n) is 3.28. The number of pyridine rings is 1. The van der Waals surface area contributed by atoms with Crippen LogP contribution in [0.2, 0.25) is 0 Å². The van der Waals surface area contributed by atoms with Crippen LogP contribution < -0.4 is 9.67 Å². The summed E-state index contributed by atoms with van der Waals surface area (Å²) in [4.78, 5) is 24.2. The van der Waals surface area contributed by atoms with Crippen molar-refractivity contribution in [2.24, 2.45) is 0 Å². The van der Waals surface area contributed by atoms with E-state index in [-0.39, 0.29) is 17.0 Å². The number of thioether (sulfide) groups is 1. The molecule has 1 atom stereocenters. The van der Waals surface area contributed by atoms with Gasteiger partial charge in [0.15, 0.2) is 18.9 Å². The molecular formula is C13H12N2O3S. The first-order valence-corrected chi connectivity index (χ1v) is 7.03. The molecule has 1 aromatic rings. The van der Waals surface area contributed by atoms with Crippen LogP contribution in [-0.2, 0) is 16.1 Å². The Bertz CT molecular complexity index is 571. The highest BCUT2D eigenvalue weighted by Gasteiger charge is 2.43. The Hall–Kier alpha value is -1.82. The number of aliphatic carboxylic acids is 1. The van der Waals surface area contributed by atoms with Crippen molar-refractivity contribution in [2.45, 2.75) is 18.3 Å². The van der Waals surface area contributed by atoms with E-state index in [4.69, 9.17) is 0 Å². The minimum atomic E-state index is -1.26. The fourth-order valence-electron chi connectivity index (χ4n) is 2.35. The molecule has 6 heteroatoms. The van der Waals surface area contributed by atoms with Gasteiger partial charge in [-0.3, -0.25) is 9.69 Å². The average Bonchev–Trinajstić information content (AvgIpc) is 2.39. The number of nitrogens with zero attached hydrogens (tertiary/aromatic N) is 2. The van der Waals surface area contributed by atoms with Crippen molar-refractivity contribution in [2.75, 3.05) is 5.75 Å². The average molecular weight is 276 g/mol. The van der Waals surface area contributed by atoms with Crippen LogP contribution in [0, 0.1) is 0 Å². The Morgan fingerprint density at radius 3 is 2.79 bits per heavy atom. The molecule has 0 aromatic carbocycles. The van der Waals surface area contributed by atoms with Gasteiger partial charge in [0.2, 0.25) is 5.91 Å². The Morgan fingerprint density at radius 1 is 1.42 bits per heavy atom. The van der Waals surface area contributed by atoms with Crippen LogP contribution >= 0.6 is 11.8 Å². The normalized spacial score (nSPS) is 22.0. The number of β-lactam (4-membered cyclic amide) rings is 1. The van der Waals surface area contributed by atoms with Crippen LogP contribution in [0.4, 0.5) is 0 Å². The van der Waals surface area contributed by atoms with Crippen LogP contribution in [0.3, 0.4) is 0 Å². The van der Waals surface area contributed by atoms with Gasteiger partial charge in [0.25, 0.3) is 0 Å². The Kier molecular flexibility index (Phi) is 3.02. The van der Waals surface area contributed by atoms with E-state index < -0.39 is 5.97 Å². The van der Waals surface area contributed by atoms with Gasteiger partial charge in [-0.1, -0.05) is 6.07 Å². The van der Waals surface area contributed by atoms with E-state index in [2.05, 4.69) is 0 Å². The van der Waals surface area contributed by atoms with E-state index >= 15 is 0 Å². The SMILES string of the molecule is O=C([O-])C1=C(C[n+]2ccccc2)CS[C@@H]2CC(=O)N12. The fraction of sp³-hybridized carbons (Fsp3) is 0.308. The van der Waals surface area contributed by atoms with Crippen molar-refractivity contribution >= 4 is 23.6 Å². The third kappa shape index (κ3) is 2.12. The number of aromatic nitrogens is 1. The van der Waals surface area contributed by atoms with Crippen LogP contribution in [0.25, 0.3) is 0 Å². The zero-order chi connectivity index (χ0) is 13.4. The molecule has 1 amide bonds. The molecule has 0 radical (unpaired) electrons. The van der Waals surface area contributed by atoms with Gasteiger partial charge in [-0.2, -0.15) is 0 Å². The summed E-state index contributed by atoms with van der Waals surface area (Å²) in [6.45, 7) is 0.466. The quantitative estimate of drug-likeness (QED) is 0.540. The summed E-state index contributed by atoms with van der Waals surface area (Å²) in [6.07, 6.45) is 4.16. The highest BCUT2D eigenvalue weighted by Crippen LogP contribution is 2.39. The number of carboxylic acid groups (broad SMARTS) is 1. The molecule has 1 saturated heterocycles. The Labute approximate surface area is 114 Å². The Balaban J connectivity index is 1.94. The van der Waals surface area contributed by atoms with E-state index in [1.54, 1.807) is 11.8 Å². The van der Waals surface area contributed by atoms with Crippen LogP contribution in [0.15, 0.2) is 41.9 Å². The third-order valence-corrected chi connectivity index (χ3v) is 4.55. The Morgan fingerprint density at radius 2 is 2.16 bits per heavy atom. The monoisotopic (exact) mass is 276 g/mol. The summed E-state index contributed by atoms with van der Waals surface area (Å²) in [5.74, 6) is -0.767. The second kappa shape index (κ2) is 4.70. The number of carbonyl (C=O) groups is 2. The number of rotatable bonds is 3. The van der Waals surface area contributed by atoms with Gasteiger partial charge in [0, 0.05) is 23.5 Å².